The van der Waals surface area contributed by atoms with Crippen LogP contribution in [-0.2, 0) is 11.2 Å². The van der Waals surface area contributed by atoms with E-state index < -0.39 is 0 Å². The lowest BCUT2D eigenvalue weighted by Gasteiger charge is -2.12. The molecule has 0 radical (unpaired) electrons. The number of nitrogens with one attached hydrogen (secondary N) is 2. The number of hydrogen-bond acceptors (Lipinski definition) is 2. The molecule has 1 amide bonds. The van der Waals surface area contributed by atoms with Crippen molar-refractivity contribution in [2.45, 2.75) is 19.4 Å². The lowest BCUT2D eigenvalue weighted by atomic mass is 10.1. The predicted molar refractivity (Wildman–Crippen MR) is 61.7 cm³/mol. The van der Waals surface area contributed by atoms with Gasteiger partial charge in [-0.25, -0.2) is 0 Å². The number of amides is 1. The normalized spacial score (nSPS) is 12.1. The van der Waals surface area contributed by atoms with Gasteiger partial charge in [-0.1, -0.05) is 30.3 Å². The molecule has 82 valence electrons. The highest BCUT2D eigenvalue weighted by Crippen LogP contribution is 2.02. The third kappa shape index (κ3) is 4.61. The number of hydrogen-bond donors (Lipinski definition) is 2. The summed E-state index contributed by atoms with van der Waals surface area (Å²) >= 11 is 0. The molecule has 1 aromatic rings. The van der Waals surface area contributed by atoms with Gasteiger partial charge in [0.05, 0.1) is 6.54 Å². The maximum Gasteiger partial charge on any atom is 0.233 e. The Morgan fingerprint density at radius 2 is 2.00 bits per heavy atom. The molecular weight excluding hydrogens is 188 g/mol. The maximum absolute atomic E-state index is 11.0. The van der Waals surface area contributed by atoms with E-state index in [4.69, 9.17) is 0 Å². The first-order chi connectivity index (χ1) is 7.22. The van der Waals surface area contributed by atoms with E-state index in [-0.39, 0.29) is 5.91 Å². The molecule has 0 heterocycles. The summed E-state index contributed by atoms with van der Waals surface area (Å²) in [6.07, 6.45) is 0.942. The molecule has 0 saturated carbocycles. The zero-order valence-electron chi connectivity index (χ0n) is 9.29. The monoisotopic (exact) mass is 206 g/mol. The molecule has 0 bridgehead atoms. The Labute approximate surface area is 90.9 Å². The first-order valence-electron chi connectivity index (χ1n) is 5.20. The first kappa shape index (κ1) is 11.7. The summed E-state index contributed by atoms with van der Waals surface area (Å²) in [5, 5.41) is 5.75. The minimum Gasteiger partial charge on any atom is -0.358 e. The van der Waals surface area contributed by atoms with Gasteiger partial charge < -0.3 is 10.6 Å². The molecule has 1 rings (SSSR count). The molecule has 0 aromatic heterocycles. The van der Waals surface area contributed by atoms with Gasteiger partial charge in [-0.15, -0.1) is 0 Å². The Balaban J connectivity index is 2.30. The zero-order valence-corrected chi connectivity index (χ0v) is 9.29. The third-order valence-electron chi connectivity index (χ3n) is 2.27. The quantitative estimate of drug-likeness (QED) is 0.753. The Morgan fingerprint density at radius 1 is 1.33 bits per heavy atom. The van der Waals surface area contributed by atoms with Crippen molar-refractivity contribution in [3.05, 3.63) is 35.9 Å². The minimum absolute atomic E-state index is 0.0231. The Kier molecular flexibility index (Phi) is 4.84. The largest absolute Gasteiger partial charge is 0.358 e. The van der Waals surface area contributed by atoms with Crippen molar-refractivity contribution >= 4 is 5.91 Å². The minimum atomic E-state index is 0.0231. The van der Waals surface area contributed by atoms with Crippen LogP contribution in [0.1, 0.15) is 12.5 Å². The Morgan fingerprint density at radius 3 is 2.60 bits per heavy atom. The van der Waals surface area contributed by atoms with Crippen LogP contribution in [0.5, 0.6) is 0 Å². The molecule has 1 aromatic carbocycles. The second kappa shape index (κ2) is 6.19. The molecule has 0 saturated heterocycles. The van der Waals surface area contributed by atoms with E-state index >= 15 is 0 Å². The van der Waals surface area contributed by atoms with Gasteiger partial charge >= 0.3 is 0 Å². The lowest BCUT2D eigenvalue weighted by Crippen LogP contribution is -2.37. The number of carbonyl (C=O) groups is 1. The molecule has 1 atom stereocenters. The van der Waals surface area contributed by atoms with Crippen LogP contribution in [0.2, 0.25) is 0 Å². The standard InChI is InChI=1S/C12H18N2O/c1-10(14-9-12(15)13-2)8-11-6-4-3-5-7-11/h3-7,10,14H,8-9H2,1-2H3,(H,13,15). The summed E-state index contributed by atoms with van der Waals surface area (Å²) in [4.78, 5) is 11.0. The number of likely N-dealkylation sites (N-methyl/N-ethyl adjacent to an activating group) is 1. The van der Waals surface area contributed by atoms with Crippen LogP contribution in [0.3, 0.4) is 0 Å². The summed E-state index contributed by atoms with van der Waals surface area (Å²) in [5.74, 6) is 0.0231. The fourth-order valence-corrected chi connectivity index (χ4v) is 1.40. The van der Waals surface area contributed by atoms with E-state index in [1.807, 2.05) is 18.2 Å². The van der Waals surface area contributed by atoms with Gasteiger partial charge in [-0.05, 0) is 18.9 Å². The van der Waals surface area contributed by atoms with Crippen LogP contribution in [0.15, 0.2) is 30.3 Å². The smallest absolute Gasteiger partial charge is 0.233 e. The second-order valence-electron chi connectivity index (χ2n) is 3.64. The highest BCUT2D eigenvalue weighted by atomic mass is 16.1. The number of benzene rings is 1. The van der Waals surface area contributed by atoms with Crippen LogP contribution in [0.4, 0.5) is 0 Å². The molecule has 1 unspecified atom stereocenters. The fraction of sp³-hybridized carbons (Fsp3) is 0.417. The fourth-order valence-electron chi connectivity index (χ4n) is 1.40. The number of carbonyl (C=O) groups excluding carboxylic acids is 1. The van der Waals surface area contributed by atoms with Crippen molar-refractivity contribution in [3.8, 4) is 0 Å². The van der Waals surface area contributed by atoms with Gasteiger partial charge in [0.15, 0.2) is 0 Å². The predicted octanol–water partition coefficient (Wildman–Crippen LogP) is 0.953. The Bertz CT molecular complexity index is 298. The zero-order chi connectivity index (χ0) is 11.1. The third-order valence-corrected chi connectivity index (χ3v) is 2.27. The van der Waals surface area contributed by atoms with Crippen LogP contribution >= 0.6 is 0 Å². The summed E-state index contributed by atoms with van der Waals surface area (Å²) in [6, 6.07) is 10.6. The highest BCUT2D eigenvalue weighted by Gasteiger charge is 2.04. The lowest BCUT2D eigenvalue weighted by molar-refractivity contribution is -0.119. The molecule has 0 aliphatic rings. The van der Waals surface area contributed by atoms with Crippen molar-refractivity contribution in [3.63, 3.8) is 0 Å². The number of rotatable bonds is 5. The van der Waals surface area contributed by atoms with Crippen molar-refractivity contribution < 1.29 is 4.79 Å². The first-order valence-corrected chi connectivity index (χ1v) is 5.20. The van der Waals surface area contributed by atoms with Crippen molar-refractivity contribution in [1.82, 2.24) is 10.6 Å². The average Bonchev–Trinajstić information content (AvgIpc) is 2.27. The maximum atomic E-state index is 11.0. The van der Waals surface area contributed by atoms with Crippen LogP contribution < -0.4 is 10.6 Å². The van der Waals surface area contributed by atoms with E-state index in [1.54, 1.807) is 7.05 Å². The van der Waals surface area contributed by atoms with E-state index in [1.165, 1.54) is 5.56 Å². The highest BCUT2D eigenvalue weighted by molar-refractivity contribution is 5.77. The van der Waals surface area contributed by atoms with Gasteiger partial charge in [0.1, 0.15) is 0 Å². The Hall–Kier alpha value is -1.35. The SMILES string of the molecule is CNC(=O)CNC(C)Cc1ccccc1. The van der Waals surface area contributed by atoms with E-state index in [9.17, 15) is 4.79 Å². The van der Waals surface area contributed by atoms with Gasteiger partial charge in [0.25, 0.3) is 0 Å². The molecule has 2 N–H and O–H groups in total. The van der Waals surface area contributed by atoms with Crippen LogP contribution in [0.25, 0.3) is 0 Å². The summed E-state index contributed by atoms with van der Waals surface area (Å²) in [7, 11) is 1.64. The molecule has 0 spiro atoms. The molecule has 0 fully saturated rings. The van der Waals surface area contributed by atoms with E-state index in [0.29, 0.717) is 12.6 Å². The average molecular weight is 206 g/mol. The van der Waals surface area contributed by atoms with Crippen LogP contribution in [-0.4, -0.2) is 25.5 Å². The van der Waals surface area contributed by atoms with Gasteiger partial charge in [-0.3, -0.25) is 4.79 Å². The summed E-state index contributed by atoms with van der Waals surface area (Å²) in [5.41, 5.74) is 1.29. The van der Waals surface area contributed by atoms with E-state index in [2.05, 4.69) is 29.7 Å². The molecule has 3 nitrogen and oxygen atoms in total. The van der Waals surface area contributed by atoms with Gasteiger partial charge in [0.2, 0.25) is 5.91 Å². The van der Waals surface area contributed by atoms with Gasteiger partial charge in [-0.2, -0.15) is 0 Å². The molecular formula is C12H18N2O. The molecule has 0 aliphatic carbocycles. The van der Waals surface area contributed by atoms with Crippen molar-refractivity contribution in [2.75, 3.05) is 13.6 Å². The van der Waals surface area contributed by atoms with Crippen molar-refractivity contribution in [2.24, 2.45) is 0 Å². The van der Waals surface area contributed by atoms with E-state index in [0.717, 1.165) is 6.42 Å². The summed E-state index contributed by atoms with van der Waals surface area (Å²) < 4.78 is 0. The molecule has 0 aliphatic heterocycles. The topological polar surface area (TPSA) is 41.1 Å². The second-order valence-corrected chi connectivity index (χ2v) is 3.64. The van der Waals surface area contributed by atoms with Gasteiger partial charge in [0, 0.05) is 13.1 Å². The summed E-state index contributed by atoms with van der Waals surface area (Å²) in [6.45, 7) is 2.46. The van der Waals surface area contributed by atoms with Crippen LogP contribution in [0, 0.1) is 0 Å². The van der Waals surface area contributed by atoms with Crippen molar-refractivity contribution in [1.29, 1.82) is 0 Å². The molecule has 3 heteroatoms. The molecule has 15 heavy (non-hydrogen) atoms.